The van der Waals surface area contributed by atoms with Crippen molar-refractivity contribution >= 4 is 22.9 Å². The van der Waals surface area contributed by atoms with Crippen molar-refractivity contribution in [1.82, 2.24) is 9.97 Å². The number of hydrogen-bond donors (Lipinski definition) is 1. The first-order chi connectivity index (χ1) is 12.7. The van der Waals surface area contributed by atoms with Crippen molar-refractivity contribution < 1.29 is 4.79 Å². The van der Waals surface area contributed by atoms with Crippen LogP contribution in [0, 0.1) is 5.92 Å². The number of nitrogens with one attached hydrogen (secondary N) is 1. The Kier molecular flexibility index (Phi) is 4.70. The zero-order valence-electron chi connectivity index (χ0n) is 15.2. The Morgan fingerprint density at radius 2 is 1.92 bits per heavy atom. The highest BCUT2D eigenvalue weighted by molar-refractivity contribution is 6.01. The third kappa shape index (κ3) is 3.48. The van der Waals surface area contributed by atoms with Crippen molar-refractivity contribution in [3.05, 3.63) is 59.9 Å². The number of benzene rings is 2. The Morgan fingerprint density at radius 3 is 2.73 bits per heavy atom. The second-order valence-electron chi connectivity index (χ2n) is 7.21. The maximum atomic E-state index is 11.9. The highest BCUT2D eigenvalue weighted by Crippen LogP contribution is 2.28. The van der Waals surface area contributed by atoms with Gasteiger partial charge >= 0.3 is 0 Å². The fourth-order valence-corrected chi connectivity index (χ4v) is 3.87. The molecule has 1 saturated carbocycles. The van der Waals surface area contributed by atoms with Gasteiger partial charge in [-0.3, -0.25) is 4.79 Å². The lowest BCUT2D eigenvalue weighted by atomic mass is 9.89. The van der Waals surface area contributed by atoms with Gasteiger partial charge in [0, 0.05) is 5.56 Å². The van der Waals surface area contributed by atoms with Crippen LogP contribution in [0.2, 0.25) is 0 Å². The molecule has 0 amide bonds. The normalized spacial score (nSPS) is 15.7. The molecular formula is C23H24N2O. The molecular weight excluding hydrogens is 320 g/mol. The van der Waals surface area contributed by atoms with Gasteiger partial charge in [-0.1, -0.05) is 55.7 Å². The minimum absolute atomic E-state index is 0.0846. The summed E-state index contributed by atoms with van der Waals surface area (Å²) in [6, 6.07) is 13.9. The molecule has 0 radical (unpaired) electrons. The van der Waals surface area contributed by atoms with Crippen LogP contribution in [0.3, 0.4) is 0 Å². The predicted molar refractivity (Wildman–Crippen MR) is 107 cm³/mol. The van der Waals surface area contributed by atoms with Gasteiger partial charge in [-0.2, -0.15) is 0 Å². The molecule has 0 saturated heterocycles. The number of Topliss-reactive ketones (excluding diaryl/α,β-unsaturated/α-hetero) is 1. The van der Waals surface area contributed by atoms with Gasteiger partial charge in [0.15, 0.2) is 5.78 Å². The maximum Gasteiger partial charge on any atom is 0.160 e. The van der Waals surface area contributed by atoms with Crippen LogP contribution in [-0.4, -0.2) is 15.8 Å². The monoisotopic (exact) mass is 344 g/mol. The van der Waals surface area contributed by atoms with E-state index >= 15 is 0 Å². The average Bonchev–Trinajstić information content (AvgIpc) is 3.09. The van der Waals surface area contributed by atoms with E-state index in [1.54, 1.807) is 6.92 Å². The highest BCUT2D eigenvalue weighted by Gasteiger charge is 2.11. The van der Waals surface area contributed by atoms with E-state index in [0.29, 0.717) is 5.92 Å². The number of carbonyl (C=O) groups is 1. The molecule has 1 heterocycles. The van der Waals surface area contributed by atoms with Crippen molar-refractivity contribution in [3.8, 4) is 11.1 Å². The number of rotatable bonds is 4. The van der Waals surface area contributed by atoms with Gasteiger partial charge in [-0.05, 0) is 55.0 Å². The van der Waals surface area contributed by atoms with E-state index in [0.717, 1.165) is 33.5 Å². The molecule has 2 aromatic carbocycles. The molecule has 0 unspecified atom stereocenters. The Morgan fingerprint density at radius 1 is 1.12 bits per heavy atom. The summed E-state index contributed by atoms with van der Waals surface area (Å²) in [6.07, 6.45) is 11.1. The number of allylic oxidation sites excluding steroid dienone is 1. The number of H-pyrrole nitrogens is 1. The number of aromatic nitrogens is 2. The first-order valence-electron chi connectivity index (χ1n) is 9.49. The van der Waals surface area contributed by atoms with E-state index in [-0.39, 0.29) is 5.78 Å². The van der Waals surface area contributed by atoms with E-state index in [4.69, 9.17) is 0 Å². The van der Waals surface area contributed by atoms with Crippen LogP contribution in [0.4, 0.5) is 0 Å². The molecule has 3 aromatic rings. The standard InChI is InChI=1S/C23H24N2O/c1-16(26)19-9-5-6-10-20(19)18-12-13-21-22(15-18)25-23(24-21)14-11-17-7-3-2-4-8-17/h5-6,9-15,17H,2-4,7-8H2,1H3,(H,24,25). The van der Waals surface area contributed by atoms with Gasteiger partial charge in [-0.25, -0.2) is 4.98 Å². The van der Waals surface area contributed by atoms with Crippen molar-refractivity contribution in [2.75, 3.05) is 0 Å². The zero-order valence-corrected chi connectivity index (χ0v) is 15.2. The third-order valence-electron chi connectivity index (χ3n) is 5.29. The SMILES string of the molecule is CC(=O)c1ccccc1-c1ccc2nc(C=CC3CCCCC3)[nH]c2c1. The average molecular weight is 344 g/mol. The van der Waals surface area contributed by atoms with Gasteiger partial charge in [0.05, 0.1) is 11.0 Å². The summed E-state index contributed by atoms with van der Waals surface area (Å²) in [6.45, 7) is 1.61. The van der Waals surface area contributed by atoms with Gasteiger partial charge in [-0.15, -0.1) is 0 Å². The topological polar surface area (TPSA) is 45.8 Å². The lowest BCUT2D eigenvalue weighted by Crippen LogP contribution is -2.02. The maximum absolute atomic E-state index is 11.9. The summed E-state index contributed by atoms with van der Waals surface area (Å²) in [5.74, 6) is 1.68. The largest absolute Gasteiger partial charge is 0.338 e. The van der Waals surface area contributed by atoms with Crippen LogP contribution < -0.4 is 0 Å². The van der Waals surface area contributed by atoms with Gasteiger partial charge in [0.2, 0.25) is 0 Å². The van der Waals surface area contributed by atoms with Crippen molar-refractivity contribution in [2.45, 2.75) is 39.0 Å². The molecule has 3 heteroatoms. The summed E-state index contributed by atoms with van der Waals surface area (Å²) in [4.78, 5) is 20.0. The zero-order chi connectivity index (χ0) is 17.9. The number of ketones is 1. The van der Waals surface area contributed by atoms with Crippen LogP contribution in [0.5, 0.6) is 0 Å². The fraction of sp³-hybridized carbons (Fsp3) is 0.304. The van der Waals surface area contributed by atoms with Crippen LogP contribution in [0.1, 0.15) is 55.2 Å². The van der Waals surface area contributed by atoms with Gasteiger partial charge in [0.25, 0.3) is 0 Å². The summed E-state index contributed by atoms with van der Waals surface area (Å²) in [7, 11) is 0. The number of imidazole rings is 1. The molecule has 0 atom stereocenters. The molecule has 1 fully saturated rings. The molecule has 26 heavy (non-hydrogen) atoms. The Hall–Kier alpha value is -2.68. The first kappa shape index (κ1) is 16.8. The molecule has 1 N–H and O–H groups in total. The van der Waals surface area contributed by atoms with Crippen molar-refractivity contribution in [2.24, 2.45) is 5.92 Å². The summed E-state index contributed by atoms with van der Waals surface area (Å²) in [5, 5.41) is 0. The molecule has 0 bridgehead atoms. The molecule has 1 aliphatic carbocycles. The van der Waals surface area contributed by atoms with Crippen LogP contribution in [-0.2, 0) is 0 Å². The minimum atomic E-state index is 0.0846. The summed E-state index contributed by atoms with van der Waals surface area (Å²) < 4.78 is 0. The minimum Gasteiger partial charge on any atom is -0.338 e. The fourth-order valence-electron chi connectivity index (χ4n) is 3.87. The highest BCUT2D eigenvalue weighted by atomic mass is 16.1. The Bertz CT molecular complexity index is 961. The van der Waals surface area contributed by atoms with E-state index < -0.39 is 0 Å². The molecule has 3 nitrogen and oxygen atoms in total. The lowest BCUT2D eigenvalue weighted by Gasteiger charge is -2.17. The first-order valence-corrected chi connectivity index (χ1v) is 9.49. The Labute approximate surface area is 154 Å². The molecule has 0 spiro atoms. The number of fused-ring (bicyclic) bond motifs is 1. The molecule has 1 aliphatic rings. The predicted octanol–water partition coefficient (Wildman–Crippen LogP) is 6.03. The molecule has 0 aliphatic heterocycles. The smallest absolute Gasteiger partial charge is 0.160 e. The lowest BCUT2D eigenvalue weighted by molar-refractivity contribution is 0.101. The van der Waals surface area contributed by atoms with Crippen molar-refractivity contribution in [3.63, 3.8) is 0 Å². The molecule has 4 rings (SSSR count). The number of hydrogen-bond acceptors (Lipinski definition) is 2. The summed E-state index contributed by atoms with van der Waals surface area (Å²) in [5.41, 5.74) is 4.72. The summed E-state index contributed by atoms with van der Waals surface area (Å²) >= 11 is 0. The molecule has 1 aromatic heterocycles. The van der Waals surface area contributed by atoms with Gasteiger partial charge < -0.3 is 4.98 Å². The van der Waals surface area contributed by atoms with Crippen LogP contribution in [0.15, 0.2) is 48.5 Å². The second-order valence-corrected chi connectivity index (χ2v) is 7.21. The number of aromatic amines is 1. The van der Waals surface area contributed by atoms with E-state index in [1.807, 2.05) is 36.4 Å². The van der Waals surface area contributed by atoms with Gasteiger partial charge in [0.1, 0.15) is 5.82 Å². The van der Waals surface area contributed by atoms with Crippen LogP contribution >= 0.6 is 0 Å². The quantitative estimate of drug-likeness (QED) is 0.588. The van der Waals surface area contributed by atoms with Crippen molar-refractivity contribution in [1.29, 1.82) is 0 Å². The van der Waals surface area contributed by atoms with E-state index in [9.17, 15) is 4.79 Å². The number of nitrogens with zero attached hydrogens (tertiary/aromatic N) is 1. The second kappa shape index (κ2) is 7.28. The Balaban J connectivity index is 1.64. The molecule has 132 valence electrons. The third-order valence-corrected chi connectivity index (χ3v) is 5.29. The van der Waals surface area contributed by atoms with E-state index in [1.165, 1.54) is 32.1 Å². The number of carbonyl (C=O) groups excluding carboxylic acids is 1. The van der Waals surface area contributed by atoms with Crippen LogP contribution in [0.25, 0.3) is 28.2 Å². The van der Waals surface area contributed by atoms with E-state index in [2.05, 4.69) is 28.2 Å².